The number of benzene rings is 4. The van der Waals surface area contributed by atoms with E-state index in [1.54, 1.807) is 13.8 Å². The Hall–Kier alpha value is -4.78. The van der Waals surface area contributed by atoms with Gasteiger partial charge < -0.3 is 19.7 Å². The summed E-state index contributed by atoms with van der Waals surface area (Å²) in [4.78, 5) is 23.7. The van der Waals surface area contributed by atoms with E-state index in [4.69, 9.17) is 9.47 Å². The van der Waals surface area contributed by atoms with Gasteiger partial charge in [-0.3, -0.25) is 0 Å². The monoisotopic (exact) mass is 632 g/mol. The number of rotatable bonds is 15. The Bertz CT molecular complexity index is 1570. The molecule has 4 aromatic rings. The summed E-state index contributed by atoms with van der Waals surface area (Å²) < 4.78 is 10.4. The van der Waals surface area contributed by atoms with Gasteiger partial charge in [-0.25, -0.2) is 9.59 Å². The summed E-state index contributed by atoms with van der Waals surface area (Å²) in [7, 11) is 0. The van der Waals surface area contributed by atoms with Gasteiger partial charge in [-0.15, -0.1) is 0 Å². The molecule has 244 valence electrons. The Morgan fingerprint density at radius 3 is 1.36 bits per heavy atom. The van der Waals surface area contributed by atoms with Crippen molar-refractivity contribution >= 4 is 11.9 Å². The minimum Gasteiger partial charge on any atom is -0.460 e. The third-order valence-corrected chi connectivity index (χ3v) is 8.02. The summed E-state index contributed by atoms with van der Waals surface area (Å²) in [5, 5.41) is 21.4. The predicted molar refractivity (Wildman–Crippen MR) is 187 cm³/mol. The molecular weight excluding hydrogens is 588 g/mol. The molecule has 0 bridgehead atoms. The molecule has 2 unspecified atom stereocenters. The molecule has 0 aliphatic rings. The first-order valence-corrected chi connectivity index (χ1v) is 15.9. The van der Waals surface area contributed by atoms with Gasteiger partial charge in [0, 0.05) is 29.9 Å². The van der Waals surface area contributed by atoms with E-state index in [-0.39, 0.29) is 19.1 Å². The third-order valence-electron chi connectivity index (χ3n) is 8.02. The summed E-state index contributed by atoms with van der Waals surface area (Å²) in [5.41, 5.74) is 9.03. The number of hydrogen-bond acceptors (Lipinski definition) is 6. The maximum Gasteiger partial charge on any atom is 0.333 e. The Morgan fingerprint density at radius 2 is 1.02 bits per heavy atom. The second kappa shape index (κ2) is 16.7. The Morgan fingerprint density at radius 1 is 0.638 bits per heavy atom. The molecule has 4 aromatic carbocycles. The third kappa shape index (κ3) is 9.61. The van der Waals surface area contributed by atoms with E-state index in [1.807, 2.05) is 48.5 Å². The summed E-state index contributed by atoms with van der Waals surface area (Å²) in [5.74, 6) is -1.00. The van der Waals surface area contributed by atoms with Crippen molar-refractivity contribution in [3.63, 3.8) is 0 Å². The fourth-order valence-electron chi connectivity index (χ4n) is 5.66. The van der Waals surface area contributed by atoms with Crippen molar-refractivity contribution in [2.24, 2.45) is 0 Å². The zero-order chi connectivity index (χ0) is 33.9. The highest BCUT2D eigenvalue weighted by Gasteiger charge is 2.22. The molecule has 4 rings (SSSR count). The van der Waals surface area contributed by atoms with E-state index in [2.05, 4.69) is 68.6 Å². The lowest BCUT2D eigenvalue weighted by Gasteiger charge is -2.25. The van der Waals surface area contributed by atoms with Crippen LogP contribution in [0.3, 0.4) is 0 Å². The Labute approximate surface area is 278 Å². The van der Waals surface area contributed by atoms with Crippen molar-refractivity contribution in [3.8, 4) is 22.3 Å². The molecule has 47 heavy (non-hydrogen) atoms. The number of carbonyl (C=O) groups excluding carboxylic acids is 2. The van der Waals surface area contributed by atoms with E-state index >= 15 is 0 Å². The van der Waals surface area contributed by atoms with Crippen LogP contribution in [0.5, 0.6) is 0 Å². The second-order valence-corrected chi connectivity index (χ2v) is 12.0. The lowest BCUT2D eigenvalue weighted by Crippen LogP contribution is -2.21. The first-order valence-electron chi connectivity index (χ1n) is 15.9. The smallest absolute Gasteiger partial charge is 0.333 e. The number of aliphatic hydroxyl groups is 2. The van der Waals surface area contributed by atoms with Gasteiger partial charge in [-0.05, 0) is 64.8 Å². The number of ether oxygens (including phenoxy) is 2. The molecule has 0 saturated carbocycles. The molecule has 6 nitrogen and oxygen atoms in total. The van der Waals surface area contributed by atoms with Gasteiger partial charge >= 0.3 is 11.9 Å². The molecule has 2 N–H and O–H groups in total. The Balaban J connectivity index is 1.71. The highest BCUT2D eigenvalue weighted by Crippen LogP contribution is 2.41. The molecule has 0 saturated heterocycles. The molecule has 0 fully saturated rings. The summed E-state index contributed by atoms with van der Waals surface area (Å²) in [6.07, 6.45) is -0.224. The van der Waals surface area contributed by atoms with Crippen LogP contribution in [-0.4, -0.2) is 47.6 Å². The molecule has 2 atom stereocenters. The zero-order valence-electron chi connectivity index (χ0n) is 27.4. The fourth-order valence-corrected chi connectivity index (χ4v) is 5.66. The van der Waals surface area contributed by atoms with Crippen LogP contribution in [0.25, 0.3) is 22.3 Å². The topological polar surface area (TPSA) is 93.1 Å². The predicted octanol–water partition coefficient (Wildman–Crippen LogP) is 7.61. The quantitative estimate of drug-likeness (QED) is 0.104. The average Bonchev–Trinajstić information content (AvgIpc) is 3.08. The average molecular weight is 633 g/mol. The minimum atomic E-state index is -0.855. The molecule has 6 heteroatoms. The summed E-state index contributed by atoms with van der Waals surface area (Å²) >= 11 is 0. The van der Waals surface area contributed by atoms with E-state index in [1.165, 1.54) is 0 Å². The van der Waals surface area contributed by atoms with Crippen molar-refractivity contribution in [1.82, 2.24) is 0 Å². The van der Waals surface area contributed by atoms with Crippen LogP contribution in [0.15, 0.2) is 121 Å². The molecule has 0 aromatic heterocycles. The number of carbonyl (C=O) groups is 2. The van der Waals surface area contributed by atoms with Gasteiger partial charge in [0.15, 0.2) is 0 Å². The van der Waals surface area contributed by atoms with E-state index < -0.39 is 24.1 Å². The summed E-state index contributed by atoms with van der Waals surface area (Å²) in [6, 6.07) is 33.0. The molecule has 0 heterocycles. The number of aliphatic hydroxyl groups excluding tert-OH is 2. The van der Waals surface area contributed by atoms with Crippen molar-refractivity contribution < 1.29 is 29.3 Å². The number of hydrogen-bond donors (Lipinski definition) is 2. The van der Waals surface area contributed by atoms with Gasteiger partial charge in [0.05, 0.1) is 12.2 Å². The molecule has 0 spiro atoms. The normalized spacial score (nSPS) is 12.9. The van der Waals surface area contributed by atoms with Crippen LogP contribution in [0.1, 0.15) is 55.4 Å². The first kappa shape index (κ1) is 35.1. The van der Waals surface area contributed by atoms with Crippen LogP contribution in [-0.2, 0) is 31.9 Å². The molecule has 0 aliphatic carbocycles. The lowest BCUT2D eigenvalue weighted by atomic mass is 9.79. The SMILES string of the molecule is C=C(C)C(=O)OCC(O)Cc1ccc(C(CC)c2ccc(CC(O)COC(=O)C(=C)C)cc2-c2ccccc2)c(-c2ccccc2)c1. The van der Waals surface area contributed by atoms with Crippen molar-refractivity contribution in [2.45, 2.75) is 58.2 Å². The van der Waals surface area contributed by atoms with Gasteiger partial charge in [0.25, 0.3) is 0 Å². The highest BCUT2D eigenvalue weighted by molar-refractivity contribution is 5.87. The zero-order valence-corrected chi connectivity index (χ0v) is 27.4. The highest BCUT2D eigenvalue weighted by atomic mass is 16.5. The van der Waals surface area contributed by atoms with Gasteiger partial charge in [-0.1, -0.05) is 117 Å². The summed E-state index contributed by atoms with van der Waals surface area (Å²) in [6.45, 7) is 12.3. The maximum atomic E-state index is 11.8. The van der Waals surface area contributed by atoms with Crippen LogP contribution in [0, 0.1) is 0 Å². The van der Waals surface area contributed by atoms with Gasteiger partial charge in [0.2, 0.25) is 0 Å². The Kier molecular flexibility index (Phi) is 12.5. The van der Waals surface area contributed by atoms with E-state index in [0.29, 0.717) is 24.0 Å². The first-order chi connectivity index (χ1) is 22.6. The van der Waals surface area contributed by atoms with Crippen LogP contribution in [0.4, 0.5) is 0 Å². The minimum absolute atomic E-state index is 0.0337. The van der Waals surface area contributed by atoms with Crippen LogP contribution >= 0.6 is 0 Å². The largest absolute Gasteiger partial charge is 0.460 e. The van der Waals surface area contributed by atoms with E-state index in [9.17, 15) is 19.8 Å². The van der Waals surface area contributed by atoms with Gasteiger partial charge in [-0.2, -0.15) is 0 Å². The standard InChI is InChI=1S/C41H44O6/c1-6-35(36-19-17-29(21-33(42)25-46-40(44)27(2)3)23-38(36)31-13-9-7-10-14-31)37-20-18-30(22-34(43)26-47-41(45)28(4)5)24-39(37)32-15-11-8-12-16-32/h7-20,23-24,33-35,42-43H,2,4,6,21-22,25-26H2,1,3,5H3. The number of esters is 2. The molecule has 0 aliphatic heterocycles. The van der Waals surface area contributed by atoms with Crippen molar-refractivity contribution in [2.75, 3.05) is 13.2 Å². The van der Waals surface area contributed by atoms with Gasteiger partial charge in [0.1, 0.15) is 13.2 Å². The lowest BCUT2D eigenvalue weighted by molar-refractivity contribution is -0.142. The second-order valence-electron chi connectivity index (χ2n) is 12.0. The van der Waals surface area contributed by atoms with Crippen LogP contribution < -0.4 is 0 Å². The van der Waals surface area contributed by atoms with Crippen LogP contribution in [0.2, 0.25) is 0 Å². The molecular formula is C41H44O6. The fraction of sp³-hybridized carbons (Fsp3) is 0.268. The molecule has 0 radical (unpaired) electrons. The molecule has 0 amide bonds. The maximum absolute atomic E-state index is 11.8. The van der Waals surface area contributed by atoms with Crippen molar-refractivity contribution in [1.29, 1.82) is 0 Å². The van der Waals surface area contributed by atoms with E-state index in [0.717, 1.165) is 50.9 Å². The van der Waals surface area contributed by atoms with Crippen molar-refractivity contribution in [3.05, 3.63) is 144 Å².